The van der Waals surface area contributed by atoms with Crippen molar-refractivity contribution in [3.63, 3.8) is 0 Å². The van der Waals surface area contributed by atoms with Crippen molar-refractivity contribution in [1.82, 2.24) is 14.8 Å². The van der Waals surface area contributed by atoms with E-state index in [0.717, 1.165) is 0 Å². The van der Waals surface area contributed by atoms with E-state index in [1.165, 1.54) is 11.8 Å². The fourth-order valence-corrected chi connectivity index (χ4v) is 2.67. The molecular formula is C15H17ClN4O2S. The number of halogens is 1. The topological polar surface area (TPSA) is 83.0 Å². The number of hydrogen-bond donors (Lipinski definition) is 1. The molecule has 0 radical (unpaired) electrons. The summed E-state index contributed by atoms with van der Waals surface area (Å²) in [7, 11) is 0. The molecule has 0 bridgehead atoms. The first-order valence-corrected chi connectivity index (χ1v) is 8.14. The minimum atomic E-state index is -0.401. The first-order valence-electron chi connectivity index (χ1n) is 6.88. The van der Waals surface area contributed by atoms with Gasteiger partial charge in [0.1, 0.15) is 12.4 Å². The van der Waals surface area contributed by atoms with Crippen LogP contribution in [0.5, 0.6) is 5.75 Å². The van der Waals surface area contributed by atoms with Gasteiger partial charge in [0.2, 0.25) is 5.91 Å². The number of amides is 1. The van der Waals surface area contributed by atoms with Crippen molar-refractivity contribution in [1.29, 1.82) is 0 Å². The number of carbonyl (C=O) groups excluding carboxylic acids is 1. The Hall–Kier alpha value is -1.99. The van der Waals surface area contributed by atoms with Crippen molar-refractivity contribution in [2.75, 3.05) is 0 Å². The van der Waals surface area contributed by atoms with Gasteiger partial charge in [0.25, 0.3) is 0 Å². The molecule has 23 heavy (non-hydrogen) atoms. The maximum atomic E-state index is 11.2. The van der Waals surface area contributed by atoms with E-state index in [-0.39, 0.29) is 6.61 Å². The lowest BCUT2D eigenvalue weighted by molar-refractivity contribution is -0.117. The molecule has 2 rings (SSSR count). The van der Waals surface area contributed by atoms with Gasteiger partial charge in [0.05, 0.1) is 5.25 Å². The van der Waals surface area contributed by atoms with Crippen molar-refractivity contribution < 1.29 is 9.53 Å². The van der Waals surface area contributed by atoms with Crippen LogP contribution in [0.3, 0.4) is 0 Å². The van der Waals surface area contributed by atoms with E-state index in [1.54, 1.807) is 37.3 Å². The van der Waals surface area contributed by atoms with Gasteiger partial charge in [-0.2, -0.15) is 0 Å². The average Bonchev–Trinajstić information content (AvgIpc) is 2.89. The minimum absolute atomic E-state index is 0.244. The molecule has 1 aromatic carbocycles. The number of carbonyl (C=O) groups is 1. The zero-order valence-corrected chi connectivity index (χ0v) is 14.2. The molecule has 0 aliphatic heterocycles. The number of aromatic nitrogens is 3. The number of ether oxygens (including phenoxy) is 1. The monoisotopic (exact) mass is 352 g/mol. The van der Waals surface area contributed by atoms with Gasteiger partial charge in [-0.05, 0) is 31.2 Å². The van der Waals surface area contributed by atoms with Crippen molar-refractivity contribution in [3.05, 3.63) is 47.8 Å². The fraction of sp³-hybridized carbons (Fsp3) is 0.267. The normalized spacial score (nSPS) is 11.9. The number of nitrogens with zero attached hydrogens (tertiary/aromatic N) is 3. The zero-order valence-electron chi connectivity index (χ0n) is 12.6. The largest absolute Gasteiger partial charge is 0.486 e. The second-order valence-corrected chi connectivity index (χ2v) is 6.45. The molecule has 0 aliphatic rings. The van der Waals surface area contributed by atoms with Crippen LogP contribution in [0.25, 0.3) is 0 Å². The molecule has 2 aromatic rings. The Balaban J connectivity index is 2.11. The third-order valence-electron chi connectivity index (χ3n) is 2.97. The van der Waals surface area contributed by atoms with E-state index in [2.05, 4.69) is 16.8 Å². The van der Waals surface area contributed by atoms with Gasteiger partial charge < -0.3 is 10.5 Å². The highest BCUT2D eigenvalue weighted by molar-refractivity contribution is 8.00. The first kappa shape index (κ1) is 17.4. The molecule has 1 atom stereocenters. The highest BCUT2D eigenvalue weighted by atomic mass is 35.5. The molecule has 0 aliphatic carbocycles. The zero-order chi connectivity index (χ0) is 16.8. The van der Waals surface area contributed by atoms with Gasteiger partial charge >= 0.3 is 0 Å². The summed E-state index contributed by atoms with van der Waals surface area (Å²) in [6, 6.07) is 7.06. The molecule has 2 N–H and O–H groups in total. The molecular weight excluding hydrogens is 336 g/mol. The summed E-state index contributed by atoms with van der Waals surface area (Å²) in [5, 5.41) is 9.08. The summed E-state index contributed by atoms with van der Waals surface area (Å²) < 4.78 is 7.52. The van der Waals surface area contributed by atoms with Crippen LogP contribution in [0.2, 0.25) is 5.02 Å². The second kappa shape index (κ2) is 8.03. The van der Waals surface area contributed by atoms with Crippen LogP contribution in [0.4, 0.5) is 0 Å². The summed E-state index contributed by atoms with van der Waals surface area (Å²) in [4.78, 5) is 11.2. The van der Waals surface area contributed by atoms with Gasteiger partial charge in [-0.3, -0.25) is 9.36 Å². The predicted molar refractivity (Wildman–Crippen MR) is 90.5 cm³/mol. The quantitative estimate of drug-likeness (QED) is 0.583. The molecule has 0 spiro atoms. The molecule has 1 amide bonds. The highest BCUT2D eigenvalue weighted by Gasteiger charge is 2.18. The van der Waals surface area contributed by atoms with Gasteiger partial charge in [-0.15, -0.1) is 16.8 Å². The van der Waals surface area contributed by atoms with Crippen molar-refractivity contribution in [2.24, 2.45) is 5.73 Å². The highest BCUT2D eigenvalue weighted by Crippen LogP contribution is 2.23. The van der Waals surface area contributed by atoms with Gasteiger partial charge in [-0.1, -0.05) is 29.4 Å². The van der Waals surface area contributed by atoms with E-state index in [1.807, 2.05) is 4.57 Å². The van der Waals surface area contributed by atoms with Crippen LogP contribution in [-0.4, -0.2) is 25.9 Å². The third kappa shape index (κ3) is 4.74. The Kier molecular flexibility index (Phi) is 6.06. The maximum absolute atomic E-state index is 11.2. The van der Waals surface area contributed by atoms with Crippen LogP contribution >= 0.6 is 23.4 Å². The number of allylic oxidation sites excluding steroid dienone is 1. The Morgan fingerprint density at radius 1 is 1.48 bits per heavy atom. The Morgan fingerprint density at radius 3 is 2.78 bits per heavy atom. The first-order chi connectivity index (χ1) is 11.0. The lowest BCUT2D eigenvalue weighted by atomic mass is 10.3. The predicted octanol–water partition coefficient (Wildman–Crippen LogP) is 2.66. The second-order valence-electron chi connectivity index (χ2n) is 4.70. The molecule has 8 heteroatoms. The number of thioether (sulfide) groups is 1. The Labute approximate surface area is 143 Å². The summed E-state index contributed by atoms with van der Waals surface area (Å²) in [5.74, 6) is 0.920. The van der Waals surface area contributed by atoms with E-state index >= 15 is 0 Å². The van der Waals surface area contributed by atoms with Crippen molar-refractivity contribution in [3.8, 4) is 5.75 Å². The van der Waals surface area contributed by atoms with Crippen LogP contribution in [0, 0.1) is 0 Å². The molecule has 0 fully saturated rings. The molecule has 1 aromatic heterocycles. The van der Waals surface area contributed by atoms with Crippen LogP contribution in [0.1, 0.15) is 12.7 Å². The summed E-state index contributed by atoms with van der Waals surface area (Å²) in [6.45, 7) is 6.21. The molecule has 0 unspecified atom stereocenters. The summed E-state index contributed by atoms with van der Waals surface area (Å²) in [6.07, 6.45) is 1.73. The number of rotatable bonds is 8. The van der Waals surface area contributed by atoms with E-state index < -0.39 is 11.2 Å². The van der Waals surface area contributed by atoms with Crippen molar-refractivity contribution >= 4 is 29.3 Å². The van der Waals surface area contributed by atoms with Crippen LogP contribution in [-0.2, 0) is 17.9 Å². The van der Waals surface area contributed by atoms with Gasteiger partial charge in [0.15, 0.2) is 11.0 Å². The average molecular weight is 353 g/mol. The number of primary amides is 1. The lowest BCUT2D eigenvalue weighted by Gasteiger charge is -2.10. The van der Waals surface area contributed by atoms with E-state index in [4.69, 9.17) is 22.1 Å². The van der Waals surface area contributed by atoms with E-state index in [0.29, 0.717) is 28.3 Å². The van der Waals surface area contributed by atoms with Crippen molar-refractivity contribution in [2.45, 2.75) is 30.5 Å². The fourth-order valence-electron chi connectivity index (χ4n) is 1.72. The third-order valence-corrected chi connectivity index (χ3v) is 4.32. The maximum Gasteiger partial charge on any atom is 0.230 e. The van der Waals surface area contributed by atoms with Gasteiger partial charge in [0, 0.05) is 11.6 Å². The number of hydrogen-bond acceptors (Lipinski definition) is 5. The van der Waals surface area contributed by atoms with Gasteiger partial charge in [-0.25, -0.2) is 0 Å². The lowest BCUT2D eigenvalue weighted by Crippen LogP contribution is -2.23. The Bertz CT molecular complexity index is 687. The standard InChI is InChI=1S/C15H17ClN4O2S/c1-3-8-20-13(9-22-12-6-4-11(16)5-7-12)18-19-15(20)23-10(2)14(17)21/h3-7,10H,1,8-9H2,2H3,(H2,17,21)/t10-/m1/s1. The van der Waals surface area contributed by atoms with Crippen LogP contribution < -0.4 is 10.5 Å². The minimum Gasteiger partial charge on any atom is -0.486 e. The molecule has 1 heterocycles. The van der Waals surface area contributed by atoms with Crippen LogP contribution in [0.15, 0.2) is 42.1 Å². The number of nitrogens with two attached hydrogens (primary N) is 1. The summed E-state index contributed by atoms with van der Waals surface area (Å²) >= 11 is 7.10. The summed E-state index contributed by atoms with van der Waals surface area (Å²) in [5.41, 5.74) is 5.29. The SMILES string of the molecule is C=CCn1c(COc2ccc(Cl)cc2)nnc1S[C@H](C)C(N)=O. The smallest absolute Gasteiger partial charge is 0.230 e. The van der Waals surface area contributed by atoms with E-state index in [9.17, 15) is 4.79 Å². The molecule has 6 nitrogen and oxygen atoms in total. The molecule has 0 saturated carbocycles. The number of benzene rings is 1. The molecule has 0 saturated heterocycles. The Morgan fingerprint density at radius 2 is 2.17 bits per heavy atom. The molecule has 122 valence electrons.